The van der Waals surface area contributed by atoms with Gasteiger partial charge in [-0.05, 0) is 65.7 Å². The Balaban J connectivity index is 1.61. The zero-order valence-corrected chi connectivity index (χ0v) is 17.0. The van der Waals surface area contributed by atoms with Crippen LogP contribution in [-0.4, -0.2) is 20.4 Å². The summed E-state index contributed by atoms with van der Waals surface area (Å²) in [5.74, 6) is 1.63. The van der Waals surface area contributed by atoms with E-state index in [0.717, 1.165) is 50.8 Å². The molecule has 3 aromatic carbocycles. The fourth-order valence-corrected chi connectivity index (χ4v) is 3.98. The van der Waals surface area contributed by atoms with Crippen LogP contribution in [0.15, 0.2) is 104 Å². The summed E-state index contributed by atoms with van der Waals surface area (Å²) in [4.78, 5) is 2.23. The summed E-state index contributed by atoms with van der Waals surface area (Å²) in [6.07, 6.45) is 6.95. The van der Waals surface area contributed by atoms with Gasteiger partial charge in [-0.2, -0.15) is 20.4 Å². The number of aromatic nitrogens is 4. The smallest absolute Gasteiger partial charge is 0.151 e. The maximum absolute atomic E-state index is 6.18. The number of fused-ring (bicyclic) bond motifs is 2. The summed E-state index contributed by atoms with van der Waals surface area (Å²) >= 11 is 0. The zero-order valence-electron chi connectivity index (χ0n) is 17.0. The lowest BCUT2D eigenvalue weighted by Gasteiger charge is -2.33. The van der Waals surface area contributed by atoms with Crippen molar-refractivity contribution in [2.24, 2.45) is 0 Å². The molecule has 1 aliphatic rings. The summed E-state index contributed by atoms with van der Waals surface area (Å²) in [6.45, 7) is 0. The van der Waals surface area contributed by atoms with Gasteiger partial charge in [0.25, 0.3) is 0 Å². The van der Waals surface area contributed by atoms with E-state index in [1.54, 1.807) is 24.8 Å². The van der Waals surface area contributed by atoms with Crippen molar-refractivity contribution in [3.05, 3.63) is 104 Å². The van der Waals surface area contributed by atoms with Crippen LogP contribution < -0.4 is 9.64 Å². The number of hydrogen-bond acceptors (Lipinski definition) is 6. The van der Waals surface area contributed by atoms with E-state index in [1.807, 2.05) is 48.5 Å². The number of anilines is 3. The predicted molar refractivity (Wildman–Crippen MR) is 123 cm³/mol. The Morgan fingerprint density at radius 1 is 0.531 bits per heavy atom. The number of benzene rings is 3. The Morgan fingerprint density at radius 2 is 1.06 bits per heavy atom. The Kier molecular flexibility index (Phi) is 4.32. The van der Waals surface area contributed by atoms with E-state index in [-0.39, 0.29) is 0 Å². The lowest BCUT2D eigenvalue weighted by atomic mass is 9.99. The average Bonchev–Trinajstić information content (AvgIpc) is 2.88. The van der Waals surface area contributed by atoms with E-state index < -0.39 is 0 Å². The highest BCUT2D eigenvalue weighted by atomic mass is 16.5. The van der Waals surface area contributed by atoms with Crippen LogP contribution in [0.1, 0.15) is 0 Å². The van der Waals surface area contributed by atoms with Crippen LogP contribution >= 0.6 is 0 Å². The summed E-state index contributed by atoms with van der Waals surface area (Å²) in [7, 11) is 0. The van der Waals surface area contributed by atoms with Crippen molar-refractivity contribution >= 4 is 17.1 Å². The van der Waals surface area contributed by atoms with Crippen molar-refractivity contribution in [2.45, 2.75) is 0 Å². The minimum absolute atomic E-state index is 0.814. The summed E-state index contributed by atoms with van der Waals surface area (Å²) in [5, 5.41) is 16.0. The fourth-order valence-electron chi connectivity index (χ4n) is 3.98. The Hall–Kier alpha value is -4.58. The summed E-state index contributed by atoms with van der Waals surface area (Å²) < 4.78 is 6.18. The molecule has 0 unspecified atom stereocenters. The van der Waals surface area contributed by atoms with E-state index >= 15 is 0 Å². The Labute approximate surface area is 184 Å². The molecule has 0 amide bonds. The van der Waals surface area contributed by atoms with Gasteiger partial charge < -0.3 is 9.64 Å². The second-order valence-corrected chi connectivity index (χ2v) is 7.40. The first kappa shape index (κ1) is 18.2. The third-order valence-corrected chi connectivity index (χ3v) is 5.44. The van der Waals surface area contributed by atoms with E-state index in [4.69, 9.17) is 4.74 Å². The SMILES string of the molecule is c1ccc2c(c1)Oc1ccccc1N2c1cc(-c2ccnnc2)cc(-c2ccnnc2)c1. The van der Waals surface area contributed by atoms with Crippen molar-refractivity contribution in [3.63, 3.8) is 0 Å². The maximum atomic E-state index is 6.18. The lowest BCUT2D eigenvalue weighted by Crippen LogP contribution is -2.15. The molecule has 1 aliphatic heterocycles. The fraction of sp³-hybridized carbons (Fsp3) is 0. The molecule has 0 fully saturated rings. The highest BCUT2D eigenvalue weighted by molar-refractivity contribution is 5.89. The molecule has 0 N–H and O–H groups in total. The molecule has 0 spiro atoms. The van der Waals surface area contributed by atoms with Crippen LogP contribution in [0.4, 0.5) is 17.1 Å². The van der Waals surface area contributed by atoms with Crippen LogP contribution in [0.3, 0.4) is 0 Å². The van der Waals surface area contributed by atoms with E-state index in [1.165, 1.54) is 0 Å². The third-order valence-electron chi connectivity index (χ3n) is 5.44. The van der Waals surface area contributed by atoms with E-state index in [2.05, 4.69) is 55.6 Å². The molecular weight excluding hydrogens is 398 g/mol. The van der Waals surface area contributed by atoms with Crippen molar-refractivity contribution in [1.82, 2.24) is 20.4 Å². The first-order chi connectivity index (χ1) is 15.9. The molecule has 0 atom stereocenters. The van der Waals surface area contributed by atoms with Crippen molar-refractivity contribution in [3.8, 4) is 33.8 Å². The molecule has 3 heterocycles. The molecular formula is C26H17N5O. The van der Waals surface area contributed by atoms with Crippen LogP contribution in [0.25, 0.3) is 22.3 Å². The highest BCUT2D eigenvalue weighted by Gasteiger charge is 2.26. The van der Waals surface area contributed by atoms with Gasteiger partial charge >= 0.3 is 0 Å². The second kappa shape index (κ2) is 7.59. The third kappa shape index (κ3) is 3.15. The summed E-state index contributed by atoms with van der Waals surface area (Å²) in [5.41, 5.74) is 7.01. The maximum Gasteiger partial charge on any atom is 0.151 e. The lowest BCUT2D eigenvalue weighted by molar-refractivity contribution is 0.477. The first-order valence-corrected chi connectivity index (χ1v) is 10.2. The van der Waals surface area contributed by atoms with Gasteiger partial charge in [-0.15, -0.1) is 0 Å². The minimum Gasteiger partial charge on any atom is -0.453 e. The molecule has 6 nitrogen and oxygen atoms in total. The predicted octanol–water partition coefficient (Wildman–Crippen LogP) is 6.18. The highest BCUT2D eigenvalue weighted by Crippen LogP contribution is 2.51. The Bertz CT molecular complexity index is 1300. The van der Waals surface area contributed by atoms with Gasteiger partial charge in [-0.3, -0.25) is 0 Å². The number of ether oxygens (including phenoxy) is 1. The number of nitrogens with zero attached hydrogens (tertiary/aromatic N) is 5. The molecule has 0 radical (unpaired) electrons. The molecule has 152 valence electrons. The molecule has 32 heavy (non-hydrogen) atoms. The van der Waals surface area contributed by atoms with Gasteiger partial charge in [0.2, 0.25) is 0 Å². The zero-order chi connectivity index (χ0) is 21.3. The van der Waals surface area contributed by atoms with Crippen molar-refractivity contribution in [2.75, 3.05) is 4.90 Å². The Morgan fingerprint density at radius 3 is 1.56 bits per heavy atom. The molecule has 0 aliphatic carbocycles. The van der Waals surface area contributed by atoms with Gasteiger partial charge in [-0.1, -0.05) is 24.3 Å². The number of rotatable bonds is 3. The molecule has 6 heteroatoms. The summed E-state index contributed by atoms with van der Waals surface area (Å²) in [6, 6.07) is 26.5. The topological polar surface area (TPSA) is 64.0 Å². The quantitative estimate of drug-likeness (QED) is 0.344. The van der Waals surface area contributed by atoms with Crippen LogP contribution in [0.2, 0.25) is 0 Å². The monoisotopic (exact) mass is 415 g/mol. The van der Waals surface area contributed by atoms with Crippen molar-refractivity contribution in [1.29, 1.82) is 0 Å². The largest absolute Gasteiger partial charge is 0.453 e. The molecule has 2 aromatic heterocycles. The van der Waals surface area contributed by atoms with Gasteiger partial charge in [-0.25, -0.2) is 0 Å². The second-order valence-electron chi connectivity index (χ2n) is 7.40. The van der Waals surface area contributed by atoms with Gasteiger partial charge in [0.05, 0.1) is 36.2 Å². The standard InChI is InChI=1S/C26H17N5O/c1-3-7-25-23(5-1)31(24-6-2-4-8-26(24)32-25)22-14-20(18-9-11-27-29-16-18)13-21(15-22)19-10-12-28-30-17-19/h1-17H. The average molecular weight is 415 g/mol. The molecule has 5 aromatic rings. The molecule has 6 rings (SSSR count). The van der Waals surface area contributed by atoms with Crippen LogP contribution in [0, 0.1) is 0 Å². The number of hydrogen-bond donors (Lipinski definition) is 0. The van der Waals surface area contributed by atoms with Crippen LogP contribution in [0.5, 0.6) is 11.5 Å². The van der Waals surface area contributed by atoms with Gasteiger partial charge in [0.1, 0.15) is 0 Å². The minimum atomic E-state index is 0.814. The molecule has 0 saturated heterocycles. The van der Waals surface area contributed by atoms with Crippen LogP contribution in [-0.2, 0) is 0 Å². The number of para-hydroxylation sites is 4. The van der Waals surface area contributed by atoms with Gasteiger partial charge in [0, 0.05) is 16.8 Å². The van der Waals surface area contributed by atoms with Crippen molar-refractivity contribution < 1.29 is 4.74 Å². The van der Waals surface area contributed by atoms with E-state index in [9.17, 15) is 0 Å². The molecule has 0 bridgehead atoms. The normalized spacial score (nSPS) is 11.9. The van der Waals surface area contributed by atoms with Gasteiger partial charge in [0.15, 0.2) is 11.5 Å². The first-order valence-electron chi connectivity index (χ1n) is 10.2. The molecule has 0 saturated carbocycles. The van der Waals surface area contributed by atoms with E-state index in [0.29, 0.717) is 0 Å².